The number of aryl methyl sites for hydroxylation is 1. The number of likely N-dealkylation sites (tertiary alicyclic amines) is 1. The maximum absolute atomic E-state index is 13.5. The van der Waals surface area contributed by atoms with Crippen molar-refractivity contribution in [3.05, 3.63) is 65.0 Å². The fraction of sp³-hybridized carbons (Fsp3) is 0.385. The average Bonchev–Trinajstić information content (AvgIpc) is 3.55. The molecule has 2 fully saturated rings. The number of imide groups is 1. The summed E-state index contributed by atoms with van der Waals surface area (Å²) in [7, 11) is 1.50. The molecule has 2 aromatic rings. The quantitative estimate of drug-likeness (QED) is 0.567. The molecule has 0 bridgehead atoms. The van der Waals surface area contributed by atoms with Crippen LogP contribution in [0.3, 0.4) is 0 Å². The van der Waals surface area contributed by atoms with Crippen LogP contribution >= 0.6 is 0 Å². The molecule has 194 valence electrons. The van der Waals surface area contributed by atoms with E-state index < -0.39 is 48.0 Å². The second-order valence-corrected chi connectivity index (χ2v) is 9.44. The van der Waals surface area contributed by atoms with Crippen molar-refractivity contribution in [1.82, 2.24) is 15.1 Å². The zero-order chi connectivity index (χ0) is 26.3. The zero-order valence-corrected chi connectivity index (χ0v) is 20.2. The zero-order valence-electron chi connectivity index (χ0n) is 20.2. The molecule has 37 heavy (non-hydrogen) atoms. The van der Waals surface area contributed by atoms with Crippen molar-refractivity contribution in [3.63, 3.8) is 0 Å². The van der Waals surface area contributed by atoms with Crippen molar-refractivity contribution >= 4 is 29.6 Å². The third kappa shape index (κ3) is 4.18. The Kier molecular flexibility index (Phi) is 6.32. The minimum absolute atomic E-state index is 0.224. The summed E-state index contributed by atoms with van der Waals surface area (Å²) < 4.78 is 19.1. The number of aliphatic hydroxyl groups is 1. The molecule has 5 rings (SSSR count). The molecule has 11 heteroatoms. The number of carbonyl (C=O) groups is 4. The van der Waals surface area contributed by atoms with Gasteiger partial charge < -0.3 is 25.4 Å². The summed E-state index contributed by atoms with van der Waals surface area (Å²) >= 11 is 0. The monoisotopic (exact) mass is 510 g/mol. The summed E-state index contributed by atoms with van der Waals surface area (Å²) in [5.74, 6) is -1.52. The van der Waals surface area contributed by atoms with Crippen molar-refractivity contribution in [2.75, 3.05) is 25.5 Å². The second kappa shape index (κ2) is 9.47. The Balaban J connectivity index is 1.36. The number of hydrogen-bond donors (Lipinski definition) is 3. The lowest BCUT2D eigenvalue weighted by Gasteiger charge is -2.31. The second-order valence-electron chi connectivity index (χ2n) is 9.44. The Morgan fingerprint density at radius 3 is 2.62 bits per heavy atom. The minimum Gasteiger partial charge on any atom is -0.427 e. The molecule has 3 atom stereocenters. The summed E-state index contributed by atoms with van der Waals surface area (Å²) in [6.07, 6.45) is 0.862. The summed E-state index contributed by atoms with van der Waals surface area (Å²) in [6, 6.07) is 9.52. The predicted octanol–water partition coefficient (Wildman–Crippen LogP) is 2.42. The number of amides is 5. The normalized spacial score (nSPS) is 24.4. The van der Waals surface area contributed by atoms with E-state index >= 15 is 0 Å². The van der Waals surface area contributed by atoms with Gasteiger partial charge in [-0.15, -0.1) is 0 Å². The van der Waals surface area contributed by atoms with Gasteiger partial charge in [0.05, 0.1) is 18.7 Å². The summed E-state index contributed by atoms with van der Waals surface area (Å²) in [6.45, 7) is -0.801. The van der Waals surface area contributed by atoms with Crippen molar-refractivity contribution < 1.29 is 33.4 Å². The maximum Gasteiger partial charge on any atom is 0.418 e. The van der Waals surface area contributed by atoms with E-state index in [0.29, 0.717) is 36.1 Å². The molecule has 2 saturated heterocycles. The largest absolute Gasteiger partial charge is 0.427 e. The Labute approximate surface area is 212 Å². The molecule has 0 saturated carbocycles. The number of carbonyl (C=O) groups excluding carboxylic acids is 4. The van der Waals surface area contributed by atoms with Gasteiger partial charge in [0.2, 0.25) is 11.5 Å². The number of nitrogens with zero attached hydrogens (tertiary/aromatic N) is 2. The van der Waals surface area contributed by atoms with Gasteiger partial charge in [-0.3, -0.25) is 9.59 Å². The lowest BCUT2D eigenvalue weighted by molar-refractivity contribution is -0.143. The fourth-order valence-electron chi connectivity index (χ4n) is 5.59. The molecular formula is C26H27FN4O6. The SMILES string of the molecule is CNC(=O)Nc1ccc2c(c1)CC[C@@]21OC(=O)N(CC(=O)N2C(c3ccc(F)cc3)CC[C@@H]2CO)C1=O. The molecular weight excluding hydrogens is 483 g/mol. The highest BCUT2D eigenvalue weighted by atomic mass is 19.1. The number of fused-ring (bicyclic) bond motifs is 2. The summed E-state index contributed by atoms with van der Waals surface area (Å²) in [4.78, 5) is 53.8. The standard InChI is InChI=1S/C26H27FN4O6/c1-28-24(35)29-18-6-8-20-16(12-18)10-11-26(20)23(34)30(25(36)37-26)13-22(33)31-19(14-32)7-9-21(31)15-2-4-17(27)5-3-15/h2-6,8,12,19,21,32H,7,9-11,13-14H2,1H3,(H2,28,29,35)/t19-,21?,26-/m1/s1. The van der Waals surface area contributed by atoms with Crippen LogP contribution in [0, 0.1) is 5.82 Å². The first-order valence-electron chi connectivity index (χ1n) is 12.1. The molecule has 1 spiro atoms. The summed E-state index contributed by atoms with van der Waals surface area (Å²) in [5.41, 5.74) is 1.02. The molecule has 3 aliphatic rings. The molecule has 2 aromatic carbocycles. The molecule has 0 radical (unpaired) electrons. The van der Waals surface area contributed by atoms with Gasteiger partial charge in [0.25, 0.3) is 5.91 Å². The van der Waals surface area contributed by atoms with Gasteiger partial charge in [-0.25, -0.2) is 18.9 Å². The third-order valence-electron chi connectivity index (χ3n) is 7.39. The van der Waals surface area contributed by atoms with Gasteiger partial charge >= 0.3 is 12.1 Å². The Morgan fingerprint density at radius 1 is 1.16 bits per heavy atom. The first kappa shape index (κ1) is 24.7. The highest BCUT2D eigenvalue weighted by Gasteiger charge is 2.58. The van der Waals surface area contributed by atoms with Crippen LogP contribution in [0.5, 0.6) is 0 Å². The van der Waals surface area contributed by atoms with Gasteiger partial charge in [-0.1, -0.05) is 18.2 Å². The van der Waals surface area contributed by atoms with Crippen LogP contribution in [0.25, 0.3) is 0 Å². The van der Waals surface area contributed by atoms with Gasteiger partial charge in [-0.2, -0.15) is 0 Å². The fourth-order valence-corrected chi connectivity index (χ4v) is 5.59. The van der Waals surface area contributed by atoms with E-state index in [1.807, 2.05) is 0 Å². The molecule has 5 amide bonds. The molecule has 2 heterocycles. The topological polar surface area (TPSA) is 128 Å². The molecule has 10 nitrogen and oxygen atoms in total. The highest BCUT2D eigenvalue weighted by Crippen LogP contribution is 2.46. The highest BCUT2D eigenvalue weighted by molar-refractivity contribution is 6.06. The lowest BCUT2D eigenvalue weighted by atomic mass is 9.94. The van der Waals surface area contributed by atoms with Crippen molar-refractivity contribution in [2.24, 2.45) is 0 Å². The Morgan fingerprint density at radius 2 is 1.92 bits per heavy atom. The van der Waals surface area contributed by atoms with Crippen LogP contribution in [0.2, 0.25) is 0 Å². The van der Waals surface area contributed by atoms with E-state index in [1.165, 1.54) is 24.1 Å². The van der Waals surface area contributed by atoms with Crippen molar-refractivity contribution in [2.45, 2.75) is 43.4 Å². The predicted molar refractivity (Wildman–Crippen MR) is 129 cm³/mol. The molecule has 2 aliphatic heterocycles. The van der Waals surface area contributed by atoms with E-state index in [-0.39, 0.29) is 19.1 Å². The van der Waals surface area contributed by atoms with E-state index in [9.17, 15) is 28.7 Å². The van der Waals surface area contributed by atoms with Crippen molar-refractivity contribution in [1.29, 1.82) is 0 Å². The van der Waals surface area contributed by atoms with Gasteiger partial charge in [0.1, 0.15) is 12.4 Å². The number of anilines is 1. The molecule has 0 aromatic heterocycles. The van der Waals surface area contributed by atoms with E-state index in [0.717, 1.165) is 10.5 Å². The van der Waals surface area contributed by atoms with Gasteiger partial charge in [0, 0.05) is 24.7 Å². The van der Waals surface area contributed by atoms with Crippen LogP contribution in [0.15, 0.2) is 42.5 Å². The number of nitrogens with one attached hydrogen (secondary N) is 2. The van der Waals surface area contributed by atoms with Gasteiger partial charge in [-0.05, 0) is 54.7 Å². The van der Waals surface area contributed by atoms with Crippen LogP contribution in [0.4, 0.5) is 19.7 Å². The number of benzene rings is 2. The number of aliphatic hydroxyl groups excluding tert-OH is 1. The van der Waals surface area contributed by atoms with Gasteiger partial charge in [0.15, 0.2) is 0 Å². The number of ether oxygens (including phenoxy) is 1. The van der Waals surface area contributed by atoms with Crippen molar-refractivity contribution in [3.8, 4) is 0 Å². The third-order valence-corrected chi connectivity index (χ3v) is 7.39. The Bertz CT molecular complexity index is 1270. The van der Waals surface area contributed by atoms with Crippen LogP contribution in [-0.4, -0.2) is 65.1 Å². The van der Waals surface area contributed by atoms with Crippen LogP contribution in [0.1, 0.15) is 42.0 Å². The van der Waals surface area contributed by atoms with Crippen LogP contribution < -0.4 is 10.6 Å². The van der Waals surface area contributed by atoms with E-state index in [2.05, 4.69) is 10.6 Å². The number of hydrogen-bond acceptors (Lipinski definition) is 6. The first-order chi connectivity index (χ1) is 17.8. The maximum atomic E-state index is 13.5. The lowest BCUT2D eigenvalue weighted by Crippen LogP contribution is -2.47. The first-order valence-corrected chi connectivity index (χ1v) is 12.1. The number of halogens is 1. The van der Waals surface area contributed by atoms with E-state index in [4.69, 9.17) is 4.74 Å². The van der Waals surface area contributed by atoms with Crippen LogP contribution in [-0.2, 0) is 26.3 Å². The summed E-state index contributed by atoms with van der Waals surface area (Å²) in [5, 5.41) is 15.0. The Hall–Kier alpha value is -3.99. The van der Waals surface area contributed by atoms with E-state index in [1.54, 1.807) is 30.3 Å². The minimum atomic E-state index is -1.52. The average molecular weight is 511 g/mol. The smallest absolute Gasteiger partial charge is 0.418 e. The number of rotatable bonds is 5. The molecule has 1 aliphatic carbocycles. The molecule has 3 N–H and O–H groups in total. The molecule has 1 unspecified atom stereocenters. The number of urea groups is 1.